The Hall–Kier alpha value is -5.28. The molecule has 57 heavy (non-hydrogen) atoms. The van der Waals surface area contributed by atoms with Gasteiger partial charge in [0.2, 0.25) is 0 Å². The summed E-state index contributed by atoms with van der Waals surface area (Å²) in [6.45, 7) is 5.88. The van der Waals surface area contributed by atoms with Crippen molar-refractivity contribution >= 4 is 75.9 Å². The fourth-order valence-electron chi connectivity index (χ4n) is 4.65. The van der Waals surface area contributed by atoms with Crippen molar-refractivity contribution in [1.29, 1.82) is 0 Å². The lowest BCUT2D eigenvalue weighted by molar-refractivity contribution is -0.654. The van der Waals surface area contributed by atoms with E-state index >= 15 is 0 Å². The molecule has 0 aliphatic heterocycles. The van der Waals surface area contributed by atoms with Gasteiger partial charge in [-0.15, -0.1) is 0 Å². The maximum atomic E-state index is 10.5. The number of ether oxygens (including phenoxy) is 1. The Morgan fingerprint density at radius 3 is 1.25 bits per heavy atom. The highest BCUT2D eigenvalue weighted by Gasteiger charge is 2.08. The lowest BCUT2D eigenvalue weighted by atomic mass is 10.2. The number of thiazole rings is 2. The largest absolute Gasteiger partial charge is 0.744 e. The van der Waals surface area contributed by atoms with Crippen molar-refractivity contribution in [1.82, 2.24) is 0 Å². The van der Waals surface area contributed by atoms with Crippen LogP contribution < -0.4 is 19.8 Å². The molecule has 0 saturated carbocycles. The van der Waals surface area contributed by atoms with Crippen LogP contribution >= 0.6 is 22.7 Å². The lowest BCUT2D eigenvalue weighted by Crippen LogP contribution is -2.23. The average Bonchev–Trinajstić information content (AvgIpc) is 3.80. The number of benzene rings is 4. The molecular formula is C38H42N8O7S4. The van der Waals surface area contributed by atoms with E-state index in [2.05, 4.69) is 31.1 Å². The first-order chi connectivity index (χ1) is 27.2. The molecule has 19 heteroatoms. The summed E-state index contributed by atoms with van der Waals surface area (Å²) >= 11 is 3.11. The number of nitrogens with zero attached hydrogens (tertiary/aromatic N) is 6. The van der Waals surface area contributed by atoms with E-state index < -0.39 is 20.2 Å². The van der Waals surface area contributed by atoms with E-state index in [0.29, 0.717) is 24.3 Å². The second-order valence-corrected chi connectivity index (χ2v) is 16.4. The van der Waals surface area contributed by atoms with Crippen molar-refractivity contribution in [2.75, 3.05) is 36.9 Å². The molecule has 0 fully saturated rings. The van der Waals surface area contributed by atoms with Crippen LogP contribution in [0.3, 0.4) is 0 Å². The Kier molecular flexibility index (Phi) is 17.0. The quantitative estimate of drug-likeness (QED) is 0.0478. The van der Waals surface area contributed by atoms with Crippen molar-refractivity contribution in [2.24, 2.45) is 34.6 Å². The Balaban J connectivity index is 0.000000265. The number of anilines is 2. The summed E-state index contributed by atoms with van der Waals surface area (Å²) in [7, 11) is -4.66. The third-order valence-corrected chi connectivity index (χ3v) is 11.3. The van der Waals surface area contributed by atoms with Gasteiger partial charge >= 0.3 is 10.3 Å². The number of hydrogen-bond acceptors (Lipinski definition) is 15. The topological polar surface area (TPSA) is 205 Å². The van der Waals surface area contributed by atoms with Gasteiger partial charge in [-0.25, -0.2) is 26.0 Å². The summed E-state index contributed by atoms with van der Waals surface area (Å²) in [5, 5.41) is 29.5. The normalized spacial score (nSPS) is 11.5. The Morgan fingerprint density at radius 1 is 0.579 bits per heavy atom. The van der Waals surface area contributed by atoms with E-state index in [-0.39, 0.29) is 9.79 Å². The van der Waals surface area contributed by atoms with Crippen LogP contribution in [0.5, 0.6) is 0 Å². The monoisotopic (exact) mass is 850 g/mol. The summed E-state index contributed by atoms with van der Waals surface area (Å²) in [5.74, 6) is 0. The van der Waals surface area contributed by atoms with Crippen LogP contribution in [-0.2, 0) is 39.1 Å². The first-order valence-electron chi connectivity index (χ1n) is 17.2. The van der Waals surface area contributed by atoms with E-state index in [1.54, 1.807) is 60.8 Å². The minimum Gasteiger partial charge on any atom is -0.744 e. The number of azo groups is 2. The summed E-state index contributed by atoms with van der Waals surface area (Å²) in [4.78, 5) is -0.278. The van der Waals surface area contributed by atoms with E-state index in [0.717, 1.165) is 46.1 Å². The third-order valence-electron chi connectivity index (χ3n) is 7.63. The molecule has 0 aliphatic rings. The van der Waals surface area contributed by atoms with Gasteiger partial charge in [-0.1, -0.05) is 36.4 Å². The SMILES string of the molecule is C[n+]1ccsc1N=Nc1ccc(NCCOCCNc2ccc(N=Nc3scc[n+]3C)cc2)cc1.Cc1ccccc1S(=O)(=O)[O-].Cc1ccccc1S(=O)(=O)[O-]. The van der Waals surface area contributed by atoms with Crippen LogP contribution in [0.4, 0.5) is 33.0 Å². The molecule has 0 unspecified atom stereocenters. The van der Waals surface area contributed by atoms with Crippen molar-refractivity contribution in [3.63, 3.8) is 0 Å². The molecule has 4 aromatic carbocycles. The number of rotatable bonds is 14. The van der Waals surface area contributed by atoms with Gasteiger partial charge in [0.1, 0.15) is 44.0 Å². The average molecular weight is 851 g/mol. The standard InChI is InChI=1S/C24H26N8OS2.2C7H8O3S/c1-31-13-17-34-23(31)29-27-21-7-3-19(4-8-21)25-11-15-33-16-12-26-20-5-9-22(10-6-20)28-30-24-32(2)14-18-35-24;2*1-6-4-2-3-5-7(6)11(8,9)10/h3-10,13-14,17-18H,11-12,15-16H2,1-2H3;2*2-5H,1H3,(H,8,9,10). The molecule has 2 heterocycles. The first kappa shape index (κ1) is 44.4. The molecule has 0 atom stereocenters. The summed E-state index contributed by atoms with van der Waals surface area (Å²) in [6, 6.07) is 28.0. The van der Waals surface area contributed by atoms with E-state index in [1.165, 1.54) is 24.3 Å². The Bertz CT molecular complexity index is 2280. The molecule has 0 radical (unpaired) electrons. The maximum absolute atomic E-state index is 10.5. The number of hydrogen-bond donors (Lipinski definition) is 2. The number of nitrogens with one attached hydrogen (secondary N) is 2. The number of aromatic nitrogens is 2. The summed E-state index contributed by atoms with van der Waals surface area (Å²) in [5.41, 5.74) is 4.66. The van der Waals surface area contributed by atoms with Crippen LogP contribution in [0.25, 0.3) is 0 Å². The molecule has 0 bridgehead atoms. The van der Waals surface area contributed by atoms with E-state index in [9.17, 15) is 25.9 Å². The van der Waals surface area contributed by atoms with Gasteiger partial charge in [-0.05, 0) is 119 Å². The second kappa shape index (κ2) is 21.9. The van der Waals surface area contributed by atoms with Gasteiger partial charge in [0, 0.05) is 35.2 Å². The fraction of sp³-hybridized carbons (Fsp3) is 0.211. The molecule has 15 nitrogen and oxygen atoms in total. The predicted octanol–water partition coefficient (Wildman–Crippen LogP) is 7.63. The van der Waals surface area contributed by atoms with Gasteiger partial charge in [0.25, 0.3) is 0 Å². The lowest BCUT2D eigenvalue weighted by Gasteiger charge is -2.09. The molecule has 0 saturated heterocycles. The summed E-state index contributed by atoms with van der Waals surface area (Å²) < 4.78 is 72.6. The number of aryl methyl sites for hydroxylation is 4. The van der Waals surface area contributed by atoms with Gasteiger partial charge in [0.15, 0.2) is 0 Å². The minimum atomic E-state index is -4.28. The highest BCUT2D eigenvalue weighted by molar-refractivity contribution is 7.86. The molecule has 2 N–H and O–H groups in total. The van der Waals surface area contributed by atoms with Crippen LogP contribution in [0.15, 0.2) is 150 Å². The smallest absolute Gasteiger partial charge is 0.408 e. The highest BCUT2D eigenvalue weighted by Crippen LogP contribution is 2.22. The van der Waals surface area contributed by atoms with Crippen molar-refractivity contribution in [3.05, 3.63) is 131 Å². The van der Waals surface area contributed by atoms with Gasteiger partial charge in [0.05, 0.1) is 47.3 Å². The van der Waals surface area contributed by atoms with Gasteiger partial charge in [-0.3, -0.25) is 0 Å². The van der Waals surface area contributed by atoms with Crippen molar-refractivity contribution < 1.29 is 39.8 Å². The maximum Gasteiger partial charge on any atom is 0.408 e. The van der Waals surface area contributed by atoms with Crippen molar-refractivity contribution in [2.45, 2.75) is 23.6 Å². The molecule has 6 aromatic rings. The molecule has 6 rings (SSSR count). The summed E-state index contributed by atoms with van der Waals surface area (Å²) in [6.07, 6.45) is 3.92. The zero-order valence-electron chi connectivity index (χ0n) is 31.5. The van der Waals surface area contributed by atoms with Gasteiger partial charge in [-0.2, -0.15) is 0 Å². The predicted molar refractivity (Wildman–Crippen MR) is 218 cm³/mol. The third kappa shape index (κ3) is 15.3. The molecule has 0 aliphatic carbocycles. The minimum absolute atomic E-state index is 0.139. The van der Waals surface area contributed by atoms with Crippen molar-refractivity contribution in [3.8, 4) is 0 Å². The van der Waals surface area contributed by atoms with Crippen LogP contribution in [-0.4, -0.2) is 52.2 Å². The fourth-order valence-corrected chi connectivity index (χ4v) is 7.43. The Labute approximate surface area is 340 Å². The molecule has 300 valence electrons. The van der Waals surface area contributed by atoms with Crippen LogP contribution in [0, 0.1) is 13.8 Å². The van der Waals surface area contributed by atoms with Crippen LogP contribution in [0.1, 0.15) is 11.1 Å². The van der Waals surface area contributed by atoms with Gasteiger partial charge < -0.3 is 24.5 Å². The second-order valence-electron chi connectivity index (χ2n) is 12.0. The van der Waals surface area contributed by atoms with E-state index in [4.69, 9.17) is 4.74 Å². The first-order valence-corrected chi connectivity index (χ1v) is 21.8. The molecule has 0 spiro atoms. The zero-order chi connectivity index (χ0) is 41.3. The highest BCUT2D eigenvalue weighted by atomic mass is 32.2. The molecule has 0 amide bonds. The molecule has 2 aromatic heterocycles. The Morgan fingerprint density at radius 2 is 0.947 bits per heavy atom. The molecular weight excluding hydrogens is 809 g/mol. The zero-order valence-corrected chi connectivity index (χ0v) is 34.8. The van der Waals surface area contributed by atoms with Crippen LogP contribution in [0.2, 0.25) is 0 Å². The van der Waals surface area contributed by atoms with E-state index in [1.807, 2.05) is 94.9 Å².